The van der Waals surface area contributed by atoms with Crippen LogP contribution in [-0.4, -0.2) is 40.7 Å². The minimum Gasteiger partial charge on any atom is -0.444 e. The summed E-state index contributed by atoms with van der Waals surface area (Å²) in [5, 5.41) is 3.41. The van der Waals surface area contributed by atoms with Gasteiger partial charge in [0.2, 0.25) is 0 Å². The summed E-state index contributed by atoms with van der Waals surface area (Å²) >= 11 is 0. The molecule has 1 aromatic heterocycles. The zero-order valence-corrected chi connectivity index (χ0v) is 12.9. The zero-order valence-electron chi connectivity index (χ0n) is 12.9. The highest BCUT2D eigenvalue weighted by Gasteiger charge is 2.29. The molecule has 0 bridgehead atoms. The largest absolute Gasteiger partial charge is 0.444 e. The number of carbonyl (C=O) groups excluding carboxylic acids is 1. The zero-order chi connectivity index (χ0) is 15.5. The van der Waals surface area contributed by atoms with Gasteiger partial charge in [-0.25, -0.2) is 4.79 Å². The number of hydrogen-bond donors (Lipinski definition) is 2. The summed E-state index contributed by atoms with van der Waals surface area (Å²) in [7, 11) is 0. The first-order chi connectivity index (χ1) is 9.83. The molecule has 2 rings (SSSR count). The average Bonchev–Trinajstić information content (AvgIpc) is 2.85. The highest BCUT2D eigenvalue weighted by Crippen LogP contribution is 2.15. The summed E-state index contributed by atoms with van der Waals surface area (Å²) < 4.78 is 5.38. The van der Waals surface area contributed by atoms with E-state index in [9.17, 15) is 4.79 Å². The van der Waals surface area contributed by atoms with E-state index in [1.54, 1.807) is 11.1 Å². The summed E-state index contributed by atoms with van der Waals surface area (Å²) in [5.41, 5.74) is 6.77. The molecule has 6 heteroatoms. The monoisotopic (exact) mass is 292 g/mol. The second kappa shape index (κ2) is 6.30. The number of likely N-dealkylation sites (tertiary alicyclic amines) is 1. The van der Waals surface area contributed by atoms with Crippen LogP contribution < -0.4 is 11.1 Å². The highest BCUT2D eigenvalue weighted by molar-refractivity contribution is 5.68. The van der Waals surface area contributed by atoms with Crippen LogP contribution in [0.15, 0.2) is 18.3 Å². The molecule has 0 radical (unpaired) electrons. The summed E-state index contributed by atoms with van der Waals surface area (Å²) in [6, 6.07) is 4.02. The molecule has 1 aliphatic rings. The van der Waals surface area contributed by atoms with Crippen LogP contribution >= 0.6 is 0 Å². The van der Waals surface area contributed by atoms with Crippen molar-refractivity contribution < 1.29 is 9.53 Å². The Balaban J connectivity index is 1.77. The molecule has 1 aliphatic heterocycles. The minimum atomic E-state index is -0.448. The van der Waals surface area contributed by atoms with Crippen molar-refractivity contribution in [2.45, 2.75) is 45.4 Å². The Hall–Kier alpha value is -1.82. The Morgan fingerprint density at radius 1 is 1.52 bits per heavy atom. The lowest BCUT2D eigenvalue weighted by atomic mass is 10.2. The highest BCUT2D eigenvalue weighted by atomic mass is 16.6. The number of pyridine rings is 1. The van der Waals surface area contributed by atoms with Crippen molar-refractivity contribution in [1.29, 1.82) is 0 Å². The molecule has 1 atom stereocenters. The maximum atomic E-state index is 12.0. The maximum absolute atomic E-state index is 12.0. The van der Waals surface area contributed by atoms with Gasteiger partial charge in [-0.05, 0) is 39.3 Å². The minimum absolute atomic E-state index is 0.239. The van der Waals surface area contributed by atoms with Crippen molar-refractivity contribution >= 4 is 11.8 Å². The SMILES string of the molecule is CC(C)(C)OC(=O)N1CC[C@H](NCc2ccc(N)cn2)C1. The summed E-state index contributed by atoms with van der Waals surface area (Å²) in [5.74, 6) is 0. The average molecular weight is 292 g/mol. The van der Waals surface area contributed by atoms with Crippen molar-refractivity contribution in [3.63, 3.8) is 0 Å². The number of nitrogens with zero attached hydrogens (tertiary/aromatic N) is 2. The molecule has 1 amide bonds. The fourth-order valence-corrected chi connectivity index (χ4v) is 2.21. The van der Waals surface area contributed by atoms with Gasteiger partial charge >= 0.3 is 6.09 Å². The number of amides is 1. The van der Waals surface area contributed by atoms with Crippen molar-refractivity contribution in [3.05, 3.63) is 24.0 Å². The number of carbonyl (C=O) groups is 1. The molecule has 0 aliphatic carbocycles. The van der Waals surface area contributed by atoms with Gasteiger partial charge in [0.05, 0.1) is 17.6 Å². The maximum Gasteiger partial charge on any atom is 0.410 e. The Morgan fingerprint density at radius 2 is 2.29 bits per heavy atom. The van der Waals surface area contributed by atoms with E-state index < -0.39 is 5.60 Å². The van der Waals surface area contributed by atoms with Crippen LogP contribution in [0, 0.1) is 0 Å². The Bertz CT molecular complexity index is 481. The van der Waals surface area contributed by atoms with Crippen molar-refractivity contribution in [1.82, 2.24) is 15.2 Å². The van der Waals surface area contributed by atoms with Gasteiger partial charge in [-0.2, -0.15) is 0 Å². The van der Waals surface area contributed by atoms with E-state index in [0.29, 0.717) is 18.8 Å². The third-order valence-electron chi connectivity index (χ3n) is 3.26. The van der Waals surface area contributed by atoms with E-state index >= 15 is 0 Å². The molecule has 2 heterocycles. The van der Waals surface area contributed by atoms with E-state index in [2.05, 4.69) is 10.3 Å². The normalized spacial score (nSPS) is 18.8. The van der Waals surface area contributed by atoms with Crippen molar-refractivity contribution in [3.8, 4) is 0 Å². The Labute approximate surface area is 125 Å². The van der Waals surface area contributed by atoms with E-state index in [-0.39, 0.29) is 12.1 Å². The topological polar surface area (TPSA) is 80.5 Å². The van der Waals surface area contributed by atoms with Crippen molar-refractivity contribution in [2.24, 2.45) is 0 Å². The van der Waals surface area contributed by atoms with E-state index in [1.807, 2.05) is 32.9 Å². The molecule has 0 spiro atoms. The fraction of sp³-hybridized carbons (Fsp3) is 0.600. The number of hydrogen-bond acceptors (Lipinski definition) is 5. The first kappa shape index (κ1) is 15.6. The van der Waals surface area contributed by atoms with Gasteiger partial charge in [0, 0.05) is 25.7 Å². The molecule has 3 N–H and O–H groups in total. The molecule has 0 unspecified atom stereocenters. The van der Waals surface area contributed by atoms with Crippen LogP contribution in [0.25, 0.3) is 0 Å². The number of anilines is 1. The molecule has 0 aromatic carbocycles. The van der Waals surface area contributed by atoms with Gasteiger partial charge in [0.15, 0.2) is 0 Å². The molecule has 21 heavy (non-hydrogen) atoms. The third-order valence-corrected chi connectivity index (χ3v) is 3.26. The van der Waals surface area contributed by atoms with Crippen LogP contribution in [0.2, 0.25) is 0 Å². The predicted molar refractivity (Wildman–Crippen MR) is 81.7 cm³/mol. The molecule has 116 valence electrons. The van der Waals surface area contributed by atoms with Crippen LogP contribution in [0.5, 0.6) is 0 Å². The Morgan fingerprint density at radius 3 is 2.90 bits per heavy atom. The van der Waals surface area contributed by atoms with E-state index in [0.717, 1.165) is 18.7 Å². The molecular formula is C15H24N4O2. The number of nitrogens with one attached hydrogen (secondary N) is 1. The second-order valence-corrected chi connectivity index (χ2v) is 6.38. The van der Waals surface area contributed by atoms with Gasteiger partial charge in [-0.3, -0.25) is 4.98 Å². The molecule has 0 saturated carbocycles. The van der Waals surface area contributed by atoms with Gasteiger partial charge in [-0.1, -0.05) is 0 Å². The number of nitrogen functional groups attached to an aromatic ring is 1. The molecule has 1 saturated heterocycles. The van der Waals surface area contributed by atoms with Crippen molar-refractivity contribution in [2.75, 3.05) is 18.8 Å². The fourth-order valence-electron chi connectivity index (χ4n) is 2.21. The van der Waals surface area contributed by atoms with E-state index in [1.165, 1.54) is 0 Å². The first-order valence-electron chi connectivity index (χ1n) is 7.25. The van der Waals surface area contributed by atoms with E-state index in [4.69, 9.17) is 10.5 Å². The smallest absolute Gasteiger partial charge is 0.410 e. The molecule has 6 nitrogen and oxygen atoms in total. The number of nitrogens with two attached hydrogens (primary N) is 1. The number of ether oxygens (including phenoxy) is 1. The van der Waals surface area contributed by atoms with Crippen LogP contribution in [0.4, 0.5) is 10.5 Å². The first-order valence-corrected chi connectivity index (χ1v) is 7.25. The summed E-state index contributed by atoms with van der Waals surface area (Å²) in [6.45, 7) is 7.70. The lowest BCUT2D eigenvalue weighted by Crippen LogP contribution is -2.38. The summed E-state index contributed by atoms with van der Waals surface area (Å²) in [4.78, 5) is 18.0. The lowest BCUT2D eigenvalue weighted by Gasteiger charge is -2.24. The Kier molecular flexibility index (Phi) is 4.67. The standard InChI is InChI=1S/C15H24N4O2/c1-15(2,3)21-14(20)19-7-6-13(10-19)18-9-12-5-4-11(16)8-17-12/h4-5,8,13,18H,6-7,9-10,16H2,1-3H3/t13-/m0/s1. The molecule has 1 aromatic rings. The third kappa shape index (κ3) is 4.90. The van der Waals surface area contributed by atoms with Crippen LogP contribution in [0.3, 0.4) is 0 Å². The number of rotatable bonds is 3. The van der Waals surface area contributed by atoms with Gasteiger partial charge < -0.3 is 20.7 Å². The predicted octanol–water partition coefficient (Wildman–Crippen LogP) is 1.76. The number of aromatic nitrogens is 1. The van der Waals surface area contributed by atoms with Crippen LogP contribution in [0.1, 0.15) is 32.9 Å². The van der Waals surface area contributed by atoms with Gasteiger partial charge in [0.1, 0.15) is 5.60 Å². The quantitative estimate of drug-likeness (QED) is 0.887. The molecular weight excluding hydrogens is 268 g/mol. The lowest BCUT2D eigenvalue weighted by molar-refractivity contribution is 0.0291. The second-order valence-electron chi connectivity index (χ2n) is 6.38. The molecule has 1 fully saturated rings. The summed E-state index contributed by atoms with van der Waals surface area (Å²) in [6.07, 6.45) is 2.34. The van der Waals surface area contributed by atoms with Crippen LogP contribution in [-0.2, 0) is 11.3 Å². The van der Waals surface area contributed by atoms with Gasteiger partial charge in [-0.15, -0.1) is 0 Å². The van der Waals surface area contributed by atoms with Gasteiger partial charge in [0.25, 0.3) is 0 Å².